The van der Waals surface area contributed by atoms with Crippen LogP contribution >= 0.6 is 0 Å². The fraction of sp³-hybridized carbons (Fsp3) is 0.333. The van der Waals surface area contributed by atoms with Gasteiger partial charge in [-0.3, -0.25) is 0 Å². The summed E-state index contributed by atoms with van der Waals surface area (Å²) in [6.07, 6.45) is 6.55. The first kappa shape index (κ1) is 12.9. The molecule has 0 aliphatic rings. The monoisotopic (exact) mass is 269 g/mol. The van der Waals surface area contributed by atoms with E-state index in [9.17, 15) is 0 Å². The van der Waals surface area contributed by atoms with Gasteiger partial charge in [-0.05, 0) is 44.3 Å². The van der Waals surface area contributed by atoms with Crippen molar-refractivity contribution in [1.29, 1.82) is 0 Å². The van der Waals surface area contributed by atoms with Gasteiger partial charge < -0.3 is 9.47 Å². The molecule has 104 valence electrons. The van der Waals surface area contributed by atoms with Crippen LogP contribution in [0.2, 0.25) is 0 Å². The topological polar surface area (TPSA) is 38.9 Å². The van der Waals surface area contributed by atoms with Gasteiger partial charge in [-0.15, -0.1) is 0 Å². The Bertz CT molecular complexity index is 709. The molecule has 2 aromatic heterocycles. The Balaban J connectivity index is 2.05. The van der Waals surface area contributed by atoms with Crippen LogP contribution in [0.5, 0.6) is 0 Å². The first-order valence-corrected chi connectivity index (χ1v) is 6.73. The minimum Gasteiger partial charge on any atom is -0.350 e. The molecule has 5 heteroatoms. The summed E-state index contributed by atoms with van der Waals surface area (Å²) >= 11 is 0. The molecule has 0 atom stereocenters. The van der Waals surface area contributed by atoms with Crippen molar-refractivity contribution < 1.29 is 0 Å². The van der Waals surface area contributed by atoms with Gasteiger partial charge in [-0.1, -0.05) is 0 Å². The fourth-order valence-corrected chi connectivity index (χ4v) is 2.49. The molecule has 0 unspecified atom stereocenters. The average Bonchev–Trinajstić information content (AvgIpc) is 3.05. The molecule has 0 amide bonds. The molecule has 0 N–H and O–H groups in total. The number of benzene rings is 1. The minimum absolute atomic E-state index is 1.05. The first-order valence-electron chi connectivity index (χ1n) is 6.73. The van der Waals surface area contributed by atoms with E-state index in [1.165, 1.54) is 16.5 Å². The molecule has 1 aromatic carbocycles. The van der Waals surface area contributed by atoms with Gasteiger partial charge >= 0.3 is 0 Å². The number of hydrogen-bond donors (Lipinski definition) is 0. The third kappa shape index (κ3) is 2.32. The van der Waals surface area contributed by atoms with Crippen LogP contribution in [-0.4, -0.2) is 44.9 Å². The lowest BCUT2D eigenvalue weighted by molar-refractivity contribution is 0.414. The minimum atomic E-state index is 1.05. The van der Waals surface area contributed by atoms with Crippen LogP contribution in [0.4, 0.5) is 0 Å². The van der Waals surface area contributed by atoms with Crippen molar-refractivity contribution in [3.63, 3.8) is 0 Å². The van der Waals surface area contributed by atoms with E-state index in [2.05, 4.69) is 65.1 Å². The highest BCUT2D eigenvalue weighted by Gasteiger charge is 2.08. The van der Waals surface area contributed by atoms with E-state index in [-0.39, 0.29) is 0 Å². The van der Waals surface area contributed by atoms with Crippen LogP contribution < -0.4 is 0 Å². The summed E-state index contributed by atoms with van der Waals surface area (Å²) in [4.78, 5) is 6.21. The summed E-state index contributed by atoms with van der Waals surface area (Å²) in [7, 11) is 6.30. The van der Waals surface area contributed by atoms with Crippen molar-refractivity contribution in [2.45, 2.75) is 6.42 Å². The van der Waals surface area contributed by atoms with Gasteiger partial charge in [0.15, 0.2) is 0 Å². The second kappa shape index (κ2) is 5.09. The maximum atomic E-state index is 4.19. The molecule has 0 bridgehead atoms. The molecule has 0 spiro atoms. The molecule has 0 aliphatic carbocycles. The third-order valence-corrected chi connectivity index (χ3v) is 3.57. The Kier molecular flexibility index (Phi) is 3.28. The van der Waals surface area contributed by atoms with E-state index in [0.717, 1.165) is 18.7 Å². The zero-order valence-electron chi connectivity index (χ0n) is 12.1. The highest BCUT2D eigenvalue weighted by Crippen LogP contribution is 2.24. The standard InChI is InChI=1S/C15H19N5/c1-18(2)7-6-12-9-19(3)15-5-4-13(8-14(12)15)20-11-16-10-17-20/h4-5,8-11H,6-7H2,1-3H3. The molecule has 0 saturated heterocycles. The molecular weight excluding hydrogens is 250 g/mol. The molecule has 0 saturated carbocycles. The highest BCUT2D eigenvalue weighted by atomic mass is 15.3. The van der Waals surface area contributed by atoms with E-state index in [1.807, 2.05) is 0 Å². The normalized spacial score (nSPS) is 11.6. The van der Waals surface area contributed by atoms with E-state index in [1.54, 1.807) is 17.3 Å². The number of rotatable bonds is 4. The Morgan fingerprint density at radius 1 is 1.25 bits per heavy atom. The van der Waals surface area contributed by atoms with E-state index >= 15 is 0 Å². The van der Waals surface area contributed by atoms with Crippen LogP contribution in [0.15, 0.2) is 37.1 Å². The maximum absolute atomic E-state index is 4.19. The lowest BCUT2D eigenvalue weighted by Crippen LogP contribution is -2.14. The quantitative estimate of drug-likeness (QED) is 0.725. The number of hydrogen-bond acceptors (Lipinski definition) is 3. The maximum Gasteiger partial charge on any atom is 0.138 e. The van der Waals surface area contributed by atoms with Crippen molar-refractivity contribution in [3.05, 3.63) is 42.6 Å². The van der Waals surface area contributed by atoms with Gasteiger partial charge in [0.1, 0.15) is 12.7 Å². The fourth-order valence-electron chi connectivity index (χ4n) is 2.49. The number of aromatic nitrogens is 4. The van der Waals surface area contributed by atoms with Crippen LogP contribution in [0.25, 0.3) is 16.6 Å². The molecular formula is C15H19N5. The molecule has 0 radical (unpaired) electrons. The summed E-state index contributed by atoms with van der Waals surface area (Å²) in [6.45, 7) is 1.05. The summed E-state index contributed by atoms with van der Waals surface area (Å²) in [5.41, 5.74) is 3.67. The Hall–Kier alpha value is -2.14. The number of aryl methyl sites for hydroxylation is 1. The number of likely N-dealkylation sites (N-methyl/N-ethyl adjacent to an activating group) is 1. The van der Waals surface area contributed by atoms with Crippen molar-refractivity contribution in [2.24, 2.45) is 7.05 Å². The lowest BCUT2D eigenvalue weighted by Gasteiger charge is -2.08. The van der Waals surface area contributed by atoms with Crippen LogP contribution in [0.1, 0.15) is 5.56 Å². The first-order chi connectivity index (χ1) is 9.65. The largest absolute Gasteiger partial charge is 0.350 e. The van der Waals surface area contributed by atoms with Gasteiger partial charge in [0.05, 0.1) is 5.69 Å². The number of nitrogens with zero attached hydrogens (tertiary/aromatic N) is 5. The summed E-state index contributed by atoms with van der Waals surface area (Å²) in [5, 5.41) is 5.49. The zero-order chi connectivity index (χ0) is 14.1. The Morgan fingerprint density at radius 2 is 2.10 bits per heavy atom. The van der Waals surface area contributed by atoms with E-state index in [0.29, 0.717) is 0 Å². The predicted molar refractivity (Wildman–Crippen MR) is 80.1 cm³/mol. The van der Waals surface area contributed by atoms with Crippen molar-refractivity contribution in [1.82, 2.24) is 24.2 Å². The molecule has 0 aliphatic heterocycles. The molecule has 5 nitrogen and oxygen atoms in total. The lowest BCUT2D eigenvalue weighted by atomic mass is 10.1. The van der Waals surface area contributed by atoms with Crippen molar-refractivity contribution >= 4 is 10.9 Å². The number of fused-ring (bicyclic) bond motifs is 1. The van der Waals surface area contributed by atoms with Gasteiger partial charge in [0.25, 0.3) is 0 Å². The van der Waals surface area contributed by atoms with E-state index in [4.69, 9.17) is 0 Å². The van der Waals surface area contributed by atoms with Gasteiger partial charge in [0.2, 0.25) is 0 Å². The SMILES string of the molecule is CN(C)CCc1cn(C)c2ccc(-n3cncn3)cc12. The van der Waals surface area contributed by atoms with E-state index < -0.39 is 0 Å². The van der Waals surface area contributed by atoms with Crippen molar-refractivity contribution in [3.8, 4) is 5.69 Å². The Labute approximate surface area is 118 Å². The Morgan fingerprint density at radius 3 is 2.80 bits per heavy atom. The summed E-state index contributed by atoms with van der Waals surface area (Å²) in [6, 6.07) is 6.41. The molecule has 0 fully saturated rings. The van der Waals surface area contributed by atoms with Crippen LogP contribution in [0, 0.1) is 0 Å². The van der Waals surface area contributed by atoms with Crippen molar-refractivity contribution in [2.75, 3.05) is 20.6 Å². The summed E-state index contributed by atoms with van der Waals surface area (Å²) in [5.74, 6) is 0. The average molecular weight is 269 g/mol. The van der Waals surface area contributed by atoms with Crippen LogP contribution in [-0.2, 0) is 13.5 Å². The molecule has 3 aromatic rings. The zero-order valence-corrected chi connectivity index (χ0v) is 12.1. The van der Waals surface area contributed by atoms with Gasteiger partial charge in [-0.2, -0.15) is 5.10 Å². The molecule has 3 rings (SSSR count). The summed E-state index contributed by atoms with van der Waals surface area (Å²) < 4.78 is 3.98. The third-order valence-electron chi connectivity index (χ3n) is 3.57. The highest BCUT2D eigenvalue weighted by molar-refractivity contribution is 5.86. The van der Waals surface area contributed by atoms with Crippen LogP contribution in [0.3, 0.4) is 0 Å². The van der Waals surface area contributed by atoms with Gasteiger partial charge in [0, 0.05) is 30.7 Å². The molecule has 20 heavy (non-hydrogen) atoms. The second-order valence-electron chi connectivity index (χ2n) is 5.36. The molecule has 2 heterocycles. The van der Waals surface area contributed by atoms with Gasteiger partial charge in [-0.25, -0.2) is 9.67 Å². The smallest absolute Gasteiger partial charge is 0.138 e. The predicted octanol–water partition coefficient (Wildman–Crippen LogP) is 1.86. The second-order valence-corrected chi connectivity index (χ2v) is 5.36.